The van der Waals surface area contributed by atoms with Crippen LogP contribution in [-0.2, 0) is 11.2 Å². The summed E-state index contributed by atoms with van der Waals surface area (Å²) in [5.41, 5.74) is 4.27. The first kappa shape index (κ1) is 14.3. The van der Waals surface area contributed by atoms with Gasteiger partial charge in [-0.15, -0.1) is 0 Å². The molecule has 1 saturated heterocycles. The van der Waals surface area contributed by atoms with Crippen molar-refractivity contribution in [1.29, 1.82) is 0 Å². The van der Waals surface area contributed by atoms with Gasteiger partial charge >= 0.3 is 0 Å². The first-order valence-corrected chi connectivity index (χ1v) is 6.93. The normalized spacial score (nSPS) is 24.4. The number of hydrazine groups is 1. The van der Waals surface area contributed by atoms with Crippen molar-refractivity contribution < 1.29 is 9.47 Å². The van der Waals surface area contributed by atoms with Gasteiger partial charge in [0, 0.05) is 12.0 Å². The summed E-state index contributed by atoms with van der Waals surface area (Å²) in [6.07, 6.45) is 3.51. The van der Waals surface area contributed by atoms with Crippen molar-refractivity contribution in [3.05, 3.63) is 29.8 Å². The molecule has 1 aromatic carbocycles. The molecular formula is C15H24N2O2. The maximum atomic E-state index is 5.68. The van der Waals surface area contributed by atoms with Gasteiger partial charge in [-0.1, -0.05) is 12.1 Å². The molecule has 0 aromatic heterocycles. The lowest BCUT2D eigenvalue weighted by atomic mass is 9.92. The van der Waals surface area contributed by atoms with Crippen LogP contribution in [0.4, 0.5) is 0 Å². The van der Waals surface area contributed by atoms with Crippen molar-refractivity contribution in [2.24, 2.45) is 11.8 Å². The molecule has 2 rings (SSSR count). The molecule has 1 aliphatic rings. The highest BCUT2D eigenvalue weighted by molar-refractivity contribution is 5.27. The van der Waals surface area contributed by atoms with Crippen LogP contribution >= 0.6 is 0 Å². The Morgan fingerprint density at radius 3 is 2.68 bits per heavy atom. The van der Waals surface area contributed by atoms with E-state index in [-0.39, 0.29) is 0 Å². The highest BCUT2D eigenvalue weighted by atomic mass is 16.5. The Morgan fingerprint density at radius 1 is 1.42 bits per heavy atom. The molecule has 1 fully saturated rings. The average Bonchev–Trinajstić information content (AvgIpc) is 2.87. The molecule has 0 bridgehead atoms. The smallest absolute Gasteiger partial charge is 0.118 e. The molecule has 0 aliphatic carbocycles. The van der Waals surface area contributed by atoms with Crippen molar-refractivity contribution in [3.8, 4) is 5.75 Å². The van der Waals surface area contributed by atoms with E-state index in [1.54, 1.807) is 7.11 Å². The first-order chi connectivity index (χ1) is 9.22. The minimum atomic E-state index is 0.326. The SMILES string of the molecule is COc1ccc(CCC(NN)C2COC(C)C2)cc1. The highest BCUT2D eigenvalue weighted by Gasteiger charge is 2.28. The van der Waals surface area contributed by atoms with E-state index in [0.717, 1.165) is 31.6 Å². The summed E-state index contributed by atoms with van der Waals surface area (Å²) in [4.78, 5) is 0. The molecule has 1 aliphatic heterocycles. The van der Waals surface area contributed by atoms with Gasteiger partial charge < -0.3 is 9.47 Å². The molecule has 4 heteroatoms. The lowest BCUT2D eigenvalue weighted by Gasteiger charge is -2.21. The second-order valence-electron chi connectivity index (χ2n) is 5.30. The van der Waals surface area contributed by atoms with E-state index < -0.39 is 0 Å². The van der Waals surface area contributed by atoms with Gasteiger partial charge in [-0.05, 0) is 43.9 Å². The minimum absolute atomic E-state index is 0.326. The molecule has 0 radical (unpaired) electrons. The quantitative estimate of drug-likeness (QED) is 0.608. The van der Waals surface area contributed by atoms with E-state index in [2.05, 4.69) is 24.5 Å². The summed E-state index contributed by atoms with van der Waals surface area (Å²) in [6, 6.07) is 8.55. The summed E-state index contributed by atoms with van der Waals surface area (Å²) in [5.74, 6) is 7.11. The average molecular weight is 264 g/mol. The Labute approximate surface area is 115 Å². The van der Waals surface area contributed by atoms with Crippen LogP contribution in [0.15, 0.2) is 24.3 Å². The molecule has 0 spiro atoms. The molecule has 0 saturated carbocycles. The van der Waals surface area contributed by atoms with Crippen LogP contribution in [0.25, 0.3) is 0 Å². The van der Waals surface area contributed by atoms with E-state index >= 15 is 0 Å². The summed E-state index contributed by atoms with van der Waals surface area (Å²) in [7, 11) is 1.69. The maximum absolute atomic E-state index is 5.68. The largest absolute Gasteiger partial charge is 0.497 e. The van der Waals surface area contributed by atoms with Crippen LogP contribution < -0.4 is 16.0 Å². The molecule has 106 valence electrons. The fraction of sp³-hybridized carbons (Fsp3) is 0.600. The van der Waals surface area contributed by atoms with Gasteiger partial charge in [-0.25, -0.2) is 0 Å². The van der Waals surface area contributed by atoms with E-state index in [4.69, 9.17) is 15.3 Å². The Hall–Kier alpha value is -1.10. The Bertz CT molecular complexity index is 380. The maximum Gasteiger partial charge on any atom is 0.118 e. The Balaban J connectivity index is 1.85. The fourth-order valence-electron chi connectivity index (χ4n) is 2.70. The number of nitrogens with one attached hydrogen (secondary N) is 1. The molecule has 3 N–H and O–H groups in total. The topological polar surface area (TPSA) is 56.5 Å². The van der Waals surface area contributed by atoms with Gasteiger partial charge in [-0.3, -0.25) is 11.3 Å². The number of hydrogen-bond acceptors (Lipinski definition) is 4. The van der Waals surface area contributed by atoms with Gasteiger partial charge in [0.15, 0.2) is 0 Å². The van der Waals surface area contributed by atoms with Crippen molar-refractivity contribution in [3.63, 3.8) is 0 Å². The summed E-state index contributed by atoms with van der Waals surface area (Å²) >= 11 is 0. The zero-order valence-corrected chi connectivity index (χ0v) is 11.8. The molecule has 4 nitrogen and oxygen atoms in total. The molecule has 3 unspecified atom stereocenters. The van der Waals surface area contributed by atoms with E-state index in [9.17, 15) is 0 Å². The number of hydrogen-bond donors (Lipinski definition) is 2. The van der Waals surface area contributed by atoms with E-state index in [1.807, 2.05) is 12.1 Å². The molecule has 0 amide bonds. The number of aryl methyl sites for hydroxylation is 1. The number of benzene rings is 1. The van der Waals surface area contributed by atoms with Crippen LogP contribution in [0, 0.1) is 5.92 Å². The minimum Gasteiger partial charge on any atom is -0.497 e. The van der Waals surface area contributed by atoms with Crippen LogP contribution in [0.2, 0.25) is 0 Å². The third kappa shape index (κ3) is 3.93. The summed E-state index contributed by atoms with van der Waals surface area (Å²) in [6.45, 7) is 2.94. The lowest BCUT2D eigenvalue weighted by molar-refractivity contribution is 0.116. The van der Waals surface area contributed by atoms with Gasteiger partial charge in [0.2, 0.25) is 0 Å². The predicted octanol–water partition coefficient (Wildman–Crippen LogP) is 1.88. The standard InChI is InChI=1S/C15H24N2O2/c1-11-9-13(10-19-11)15(17-16)8-5-12-3-6-14(18-2)7-4-12/h3-4,6-7,11,13,15,17H,5,8-10,16H2,1-2H3. The third-order valence-electron chi connectivity index (χ3n) is 3.92. The second-order valence-corrected chi connectivity index (χ2v) is 5.30. The third-order valence-corrected chi connectivity index (χ3v) is 3.92. The molecule has 1 heterocycles. The first-order valence-electron chi connectivity index (χ1n) is 6.93. The molecular weight excluding hydrogens is 240 g/mol. The van der Waals surface area contributed by atoms with Crippen LogP contribution in [-0.4, -0.2) is 25.9 Å². The van der Waals surface area contributed by atoms with Crippen molar-refractivity contribution in [2.45, 2.75) is 38.3 Å². The van der Waals surface area contributed by atoms with Crippen LogP contribution in [0.3, 0.4) is 0 Å². The number of rotatable bonds is 6. The zero-order chi connectivity index (χ0) is 13.7. The van der Waals surface area contributed by atoms with Crippen LogP contribution in [0.5, 0.6) is 5.75 Å². The van der Waals surface area contributed by atoms with Crippen molar-refractivity contribution >= 4 is 0 Å². The Kier molecular flexibility index (Phi) is 5.19. The summed E-state index contributed by atoms with van der Waals surface area (Å²) < 4.78 is 10.8. The van der Waals surface area contributed by atoms with Gasteiger partial charge in [0.05, 0.1) is 19.8 Å². The highest BCUT2D eigenvalue weighted by Crippen LogP contribution is 2.24. The number of methoxy groups -OCH3 is 1. The predicted molar refractivity (Wildman–Crippen MR) is 75.9 cm³/mol. The number of nitrogens with two attached hydrogens (primary N) is 1. The second kappa shape index (κ2) is 6.89. The van der Waals surface area contributed by atoms with Gasteiger partial charge in [0.1, 0.15) is 5.75 Å². The van der Waals surface area contributed by atoms with Gasteiger partial charge in [0.25, 0.3) is 0 Å². The van der Waals surface area contributed by atoms with Crippen molar-refractivity contribution in [1.82, 2.24) is 5.43 Å². The van der Waals surface area contributed by atoms with E-state index in [0.29, 0.717) is 18.1 Å². The number of ether oxygens (including phenoxy) is 2. The summed E-state index contributed by atoms with van der Waals surface area (Å²) in [5, 5.41) is 0. The monoisotopic (exact) mass is 264 g/mol. The lowest BCUT2D eigenvalue weighted by Crippen LogP contribution is -2.41. The fourth-order valence-corrected chi connectivity index (χ4v) is 2.70. The van der Waals surface area contributed by atoms with Gasteiger partial charge in [-0.2, -0.15) is 0 Å². The Morgan fingerprint density at radius 2 is 2.16 bits per heavy atom. The molecule has 19 heavy (non-hydrogen) atoms. The zero-order valence-electron chi connectivity index (χ0n) is 11.8. The van der Waals surface area contributed by atoms with E-state index in [1.165, 1.54) is 5.56 Å². The van der Waals surface area contributed by atoms with Crippen molar-refractivity contribution in [2.75, 3.05) is 13.7 Å². The molecule has 1 aromatic rings. The molecule has 3 atom stereocenters. The van der Waals surface area contributed by atoms with Crippen LogP contribution in [0.1, 0.15) is 25.3 Å².